The van der Waals surface area contributed by atoms with Gasteiger partial charge in [0.05, 0.1) is 5.92 Å². The Morgan fingerprint density at radius 1 is 1.07 bits per heavy atom. The molecule has 146 valence electrons. The number of carbonyl (C=O) groups excluding carboxylic acids is 3. The van der Waals surface area contributed by atoms with Crippen LogP contribution in [0.3, 0.4) is 0 Å². The van der Waals surface area contributed by atoms with Crippen LogP contribution < -0.4 is 16.0 Å². The van der Waals surface area contributed by atoms with Gasteiger partial charge in [-0.25, -0.2) is 4.98 Å². The van der Waals surface area contributed by atoms with E-state index in [1.165, 1.54) is 18.3 Å². The summed E-state index contributed by atoms with van der Waals surface area (Å²) in [7, 11) is 0. The minimum absolute atomic E-state index is 0.0678. The molecule has 0 bridgehead atoms. The number of thiazole rings is 1. The van der Waals surface area contributed by atoms with E-state index >= 15 is 0 Å². The average molecular weight is 406 g/mol. The fourth-order valence-corrected chi connectivity index (χ4v) is 4.18. The number of hydrogen-bond donors (Lipinski definition) is 3. The first-order chi connectivity index (χ1) is 14.0. The van der Waals surface area contributed by atoms with E-state index in [9.17, 15) is 14.4 Å². The Balaban J connectivity index is 1.63. The van der Waals surface area contributed by atoms with E-state index in [1.54, 1.807) is 6.07 Å². The fourth-order valence-electron chi connectivity index (χ4n) is 3.25. The van der Waals surface area contributed by atoms with Gasteiger partial charge in [-0.3, -0.25) is 14.4 Å². The molecule has 4 rings (SSSR count). The van der Waals surface area contributed by atoms with E-state index in [-0.39, 0.29) is 24.1 Å². The number of benzene rings is 2. The van der Waals surface area contributed by atoms with Crippen molar-refractivity contribution in [3.8, 4) is 11.3 Å². The van der Waals surface area contributed by atoms with Crippen molar-refractivity contribution < 1.29 is 14.4 Å². The Labute approximate surface area is 171 Å². The minimum atomic E-state index is -0.603. The molecule has 1 aliphatic rings. The maximum Gasteiger partial charge on any atom is 0.234 e. The van der Waals surface area contributed by atoms with E-state index < -0.39 is 5.92 Å². The van der Waals surface area contributed by atoms with Gasteiger partial charge in [0.15, 0.2) is 5.13 Å². The predicted molar refractivity (Wildman–Crippen MR) is 113 cm³/mol. The second-order valence-corrected chi connectivity index (χ2v) is 7.62. The van der Waals surface area contributed by atoms with Crippen LogP contribution in [-0.4, -0.2) is 22.7 Å². The van der Waals surface area contributed by atoms with Crippen molar-refractivity contribution in [1.29, 1.82) is 0 Å². The molecule has 1 aliphatic heterocycles. The molecule has 0 aliphatic carbocycles. The topological polar surface area (TPSA) is 100 Å². The van der Waals surface area contributed by atoms with Crippen molar-refractivity contribution in [3.63, 3.8) is 0 Å². The zero-order valence-electron chi connectivity index (χ0n) is 15.6. The van der Waals surface area contributed by atoms with E-state index in [2.05, 4.69) is 20.9 Å². The summed E-state index contributed by atoms with van der Waals surface area (Å²) in [5, 5.41) is 9.29. The van der Waals surface area contributed by atoms with Crippen LogP contribution in [0.15, 0.2) is 54.6 Å². The maximum absolute atomic E-state index is 12.9. The number of aromatic nitrogens is 1. The molecular formula is C21H18N4O3S. The summed E-state index contributed by atoms with van der Waals surface area (Å²) in [6.07, 6.45) is 0.0678. The lowest BCUT2D eigenvalue weighted by Crippen LogP contribution is -2.30. The molecule has 3 N–H and O–H groups in total. The van der Waals surface area contributed by atoms with Crippen LogP contribution in [0.2, 0.25) is 0 Å². The van der Waals surface area contributed by atoms with E-state index in [1.807, 2.05) is 48.5 Å². The minimum Gasteiger partial charge on any atom is -0.326 e. The SMILES string of the molecule is CC(=O)Nc1sc(NC(=O)C2CC(=O)Nc3ccccc32)nc1-c1ccccc1. The highest BCUT2D eigenvalue weighted by Gasteiger charge is 2.31. The zero-order chi connectivity index (χ0) is 20.4. The molecule has 7 nitrogen and oxygen atoms in total. The molecule has 3 amide bonds. The number of para-hydroxylation sites is 1. The molecule has 1 unspecified atom stereocenters. The molecular weight excluding hydrogens is 388 g/mol. The molecule has 0 saturated carbocycles. The lowest BCUT2D eigenvalue weighted by molar-refractivity contribution is -0.123. The first kappa shape index (κ1) is 18.8. The number of amides is 3. The van der Waals surface area contributed by atoms with Crippen molar-refractivity contribution in [1.82, 2.24) is 4.98 Å². The van der Waals surface area contributed by atoms with Gasteiger partial charge in [0.2, 0.25) is 17.7 Å². The monoisotopic (exact) mass is 406 g/mol. The zero-order valence-corrected chi connectivity index (χ0v) is 16.4. The number of rotatable bonds is 4. The van der Waals surface area contributed by atoms with Gasteiger partial charge in [-0.05, 0) is 11.6 Å². The van der Waals surface area contributed by atoms with Gasteiger partial charge in [0.1, 0.15) is 10.7 Å². The number of hydrogen-bond acceptors (Lipinski definition) is 5. The normalized spacial score (nSPS) is 15.2. The molecule has 0 fully saturated rings. The molecule has 8 heteroatoms. The van der Waals surface area contributed by atoms with Crippen LogP contribution in [0.5, 0.6) is 0 Å². The molecule has 3 aromatic rings. The highest BCUT2D eigenvalue weighted by molar-refractivity contribution is 7.20. The predicted octanol–water partition coefficient (Wildman–Crippen LogP) is 3.83. The number of anilines is 3. The molecule has 1 atom stereocenters. The Kier molecular flexibility index (Phi) is 5.09. The summed E-state index contributed by atoms with van der Waals surface area (Å²) >= 11 is 1.18. The van der Waals surface area contributed by atoms with E-state index in [0.29, 0.717) is 21.5 Å². The first-order valence-electron chi connectivity index (χ1n) is 9.05. The smallest absolute Gasteiger partial charge is 0.234 e. The highest BCUT2D eigenvalue weighted by Crippen LogP contribution is 2.37. The van der Waals surface area contributed by atoms with Gasteiger partial charge >= 0.3 is 0 Å². The molecule has 1 aromatic heterocycles. The first-order valence-corrected chi connectivity index (χ1v) is 9.86. The van der Waals surface area contributed by atoms with Crippen molar-refractivity contribution in [3.05, 3.63) is 60.2 Å². The Bertz CT molecular complexity index is 1090. The van der Waals surface area contributed by atoms with Crippen LogP contribution in [0, 0.1) is 0 Å². The van der Waals surface area contributed by atoms with Gasteiger partial charge < -0.3 is 16.0 Å². The molecule has 2 heterocycles. The Morgan fingerprint density at radius 2 is 1.79 bits per heavy atom. The molecule has 2 aromatic carbocycles. The number of carbonyl (C=O) groups is 3. The van der Waals surface area contributed by atoms with Crippen molar-refractivity contribution >= 4 is 44.9 Å². The standard InChI is InChI=1S/C21H18N4O3S/c1-12(26)22-20-18(13-7-3-2-4-8-13)24-21(29-20)25-19(28)15-11-17(27)23-16-10-6-5-9-14(15)16/h2-10,15H,11H2,1H3,(H,22,26)(H,23,27)(H,24,25,28). The third-order valence-electron chi connectivity index (χ3n) is 4.51. The second kappa shape index (κ2) is 7.84. The van der Waals surface area contributed by atoms with Gasteiger partial charge in [-0.2, -0.15) is 0 Å². The van der Waals surface area contributed by atoms with Gasteiger partial charge in [-0.1, -0.05) is 59.9 Å². The van der Waals surface area contributed by atoms with E-state index in [4.69, 9.17) is 0 Å². The molecule has 0 radical (unpaired) electrons. The second-order valence-electron chi connectivity index (χ2n) is 6.63. The van der Waals surface area contributed by atoms with Crippen LogP contribution in [0.25, 0.3) is 11.3 Å². The van der Waals surface area contributed by atoms with Gasteiger partial charge in [-0.15, -0.1) is 0 Å². The highest BCUT2D eigenvalue weighted by atomic mass is 32.1. The number of nitrogens with one attached hydrogen (secondary N) is 3. The summed E-state index contributed by atoms with van der Waals surface area (Å²) in [5.41, 5.74) is 2.83. The summed E-state index contributed by atoms with van der Waals surface area (Å²) in [4.78, 5) is 41.0. The largest absolute Gasteiger partial charge is 0.326 e. The Hall–Kier alpha value is -3.52. The lowest BCUT2D eigenvalue weighted by Gasteiger charge is -2.24. The average Bonchev–Trinajstić information content (AvgIpc) is 3.09. The quantitative estimate of drug-likeness (QED) is 0.613. The van der Waals surface area contributed by atoms with Crippen LogP contribution in [0.4, 0.5) is 15.8 Å². The maximum atomic E-state index is 12.9. The molecule has 0 saturated heterocycles. The molecule has 29 heavy (non-hydrogen) atoms. The lowest BCUT2D eigenvalue weighted by atomic mass is 9.90. The van der Waals surface area contributed by atoms with Crippen LogP contribution in [0.1, 0.15) is 24.8 Å². The number of fused-ring (bicyclic) bond motifs is 1. The summed E-state index contributed by atoms with van der Waals surface area (Å²) in [6, 6.07) is 16.7. The van der Waals surface area contributed by atoms with Crippen LogP contribution >= 0.6 is 11.3 Å². The van der Waals surface area contributed by atoms with Crippen LogP contribution in [-0.2, 0) is 14.4 Å². The van der Waals surface area contributed by atoms with E-state index in [0.717, 1.165) is 11.1 Å². The fraction of sp³-hybridized carbons (Fsp3) is 0.143. The van der Waals surface area contributed by atoms with Crippen molar-refractivity contribution in [2.45, 2.75) is 19.3 Å². The summed E-state index contributed by atoms with van der Waals surface area (Å²) in [5.74, 6) is -1.34. The third-order valence-corrected chi connectivity index (χ3v) is 5.40. The van der Waals surface area contributed by atoms with Crippen molar-refractivity contribution in [2.75, 3.05) is 16.0 Å². The number of nitrogens with zero attached hydrogens (tertiary/aromatic N) is 1. The van der Waals surface area contributed by atoms with Gasteiger partial charge in [0, 0.05) is 24.6 Å². The molecule has 0 spiro atoms. The van der Waals surface area contributed by atoms with Gasteiger partial charge in [0.25, 0.3) is 0 Å². The third kappa shape index (κ3) is 4.02. The summed E-state index contributed by atoms with van der Waals surface area (Å²) < 4.78 is 0. The van der Waals surface area contributed by atoms with Crippen molar-refractivity contribution in [2.24, 2.45) is 0 Å². The summed E-state index contributed by atoms with van der Waals surface area (Å²) in [6.45, 7) is 1.42. The Morgan fingerprint density at radius 3 is 2.55 bits per heavy atom.